The van der Waals surface area contributed by atoms with E-state index in [1.807, 2.05) is 0 Å². The van der Waals surface area contributed by atoms with Crippen molar-refractivity contribution in [2.75, 3.05) is 27.4 Å². The third kappa shape index (κ3) is 5.16. The SMILES string of the molecule is COc1ccc(C2c3c(nc4cc(C(F)(F)F)ccn34)CCN2C(=O)COc2nn(C)c(C(F)(F)F)c2Cl)cc1OC. The number of hydrogen-bond acceptors (Lipinski definition) is 6. The van der Waals surface area contributed by atoms with Gasteiger partial charge in [0.1, 0.15) is 10.7 Å². The summed E-state index contributed by atoms with van der Waals surface area (Å²) in [6, 6.07) is 5.83. The van der Waals surface area contributed by atoms with E-state index in [0.717, 1.165) is 19.2 Å². The average Bonchev–Trinajstić information content (AvgIpc) is 3.45. The van der Waals surface area contributed by atoms with E-state index in [1.165, 1.54) is 29.7 Å². The number of alkyl halides is 6. The molecule has 0 radical (unpaired) electrons. The fourth-order valence-electron chi connectivity index (χ4n) is 4.98. The summed E-state index contributed by atoms with van der Waals surface area (Å²) in [4.78, 5) is 19.4. The Morgan fingerprint density at radius 3 is 2.38 bits per heavy atom. The molecule has 1 atom stereocenters. The van der Waals surface area contributed by atoms with Crippen molar-refractivity contribution in [1.29, 1.82) is 0 Å². The van der Waals surface area contributed by atoms with E-state index in [2.05, 4.69) is 10.1 Å². The summed E-state index contributed by atoms with van der Waals surface area (Å²) in [6.07, 6.45) is -7.97. The normalized spacial score (nSPS) is 15.6. The van der Waals surface area contributed by atoms with Gasteiger partial charge in [-0.2, -0.15) is 26.3 Å². The van der Waals surface area contributed by atoms with Crippen LogP contribution in [0, 0.1) is 0 Å². The maximum atomic E-state index is 13.6. The highest BCUT2D eigenvalue weighted by atomic mass is 35.5. The van der Waals surface area contributed by atoms with E-state index in [9.17, 15) is 31.1 Å². The van der Waals surface area contributed by atoms with Crippen LogP contribution in [0.1, 0.15) is 34.3 Å². The maximum absolute atomic E-state index is 13.6. The number of ether oxygens (including phenoxy) is 3. The molecule has 0 fully saturated rings. The maximum Gasteiger partial charge on any atom is 0.434 e. The van der Waals surface area contributed by atoms with Crippen molar-refractivity contribution in [3.8, 4) is 17.4 Å². The standard InChI is InChI=1S/C26H22ClF6N5O4/c1-36-23(26(31,32)33)20(27)24(35-36)42-12-19(39)38-9-7-15-22(21(38)13-4-5-16(40-2)17(10-13)41-3)37-8-6-14(25(28,29)30)11-18(37)34-15/h4-6,8,10-11,21H,7,9,12H2,1-3H3. The number of hydrogen-bond donors (Lipinski definition) is 0. The lowest BCUT2D eigenvalue weighted by Crippen LogP contribution is -2.43. The highest BCUT2D eigenvalue weighted by Crippen LogP contribution is 2.41. The molecule has 0 saturated carbocycles. The molecule has 1 aliphatic rings. The summed E-state index contributed by atoms with van der Waals surface area (Å²) in [5.41, 5.74) is -0.666. The molecule has 0 N–H and O–H groups in total. The van der Waals surface area contributed by atoms with Gasteiger partial charge in [-0.05, 0) is 29.8 Å². The zero-order chi connectivity index (χ0) is 30.6. The molecule has 1 aliphatic heterocycles. The summed E-state index contributed by atoms with van der Waals surface area (Å²) in [6.45, 7) is -0.643. The van der Waals surface area contributed by atoms with Gasteiger partial charge in [0.25, 0.3) is 11.8 Å². The molecule has 0 bridgehead atoms. The number of carbonyl (C=O) groups excluding carboxylic acids is 1. The van der Waals surface area contributed by atoms with Crippen molar-refractivity contribution in [3.63, 3.8) is 0 Å². The minimum absolute atomic E-state index is 0.0331. The molecule has 9 nitrogen and oxygen atoms in total. The molecule has 0 spiro atoms. The van der Waals surface area contributed by atoms with Crippen LogP contribution in [0.5, 0.6) is 17.4 Å². The largest absolute Gasteiger partial charge is 0.493 e. The predicted molar refractivity (Wildman–Crippen MR) is 136 cm³/mol. The van der Waals surface area contributed by atoms with Gasteiger partial charge in [-0.3, -0.25) is 9.48 Å². The first-order valence-electron chi connectivity index (χ1n) is 12.3. The van der Waals surface area contributed by atoms with E-state index >= 15 is 0 Å². The molecule has 4 aromatic rings. The molecule has 0 aliphatic carbocycles. The minimum Gasteiger partial charge on any atom is -0.493 e. The summed E-state index contributed by atoms with van der Waals surface area (Å²) in [7, 11) is 3.90. The van der Waals surface area contributed by atoms with Crippen LogP contribution in [0.25, 0.3) is 5.65 Å². The van der Waals surface area contributed by atoms with Crippen LogP contribution in [0.3, 0.4) is 0 Å². The van der Waals surface area contributed by atoms with Crippen LogP contribution in [0.4, 0.5) is 26.3 Å². The van der Waals surface area contributed by atoms with Gasteiger partial charge in [-0.1, -0.05) is 17.7 Å². The highest BCUT2D eigenvalue weighted by molar-refractivity contribution is 6.32. The predicted octanol–water partition coefficient (Wildman–Crippen LogP) is 5.33. The first-order chi connectivity index (χ1) is 19.7. The van der Waals surface area contributed by atoms with Crippen LogP contribution in [0.15, 0.2) is 36.5 Å². The van der Waals surface area contributed by atoms with Crippen LogP contribution in [-0.4, -0.2) is 57.3 Å². The lowest BCUT2D eigenvalue weighted by Gasteiger charge is -2.36. The second kappa shape index (κ2) is 10.6. The number of aryl methyl sites for hydroxylation is 1. The van der Waals surface area contributed by atoms with E-state index in [0.29, 0.717) is 33.1 Å². The van der Waals surface area contributed by atoms with Crippen molar-refractivity contribution in [2.45, 2.75) is 24.8 Å². The number of pyridine rings is 1. The lowest BCUT2D eigenvalue weighted by molar-refractivity contribution is -0.143. The van der Waals surface area contributed by atoms with E-state index in [4.69, 9.17) is 25.8 Å². The second-order valence-electron chi connectivity index (χ2n) is 9.32. The molecular formula is C26H22ClF6N5O4. The molecule has 224 valence electrons. The Morgan fingerprint density at radius 1 is 1.05 bits per heavy atom. The molecule has 1 amide bonds. The van der Waals surface area contributed by atoms with E-state index in [-0.39, 0.29) is 18.6 Å². The molecule has 42 heavy (non-hydrogen) atoms. The molecule has 16 heteroatoms. The number of halogens is 7. The highest BCUT2D eigenvalue weighted by Gasteiger charge is 2.41. The molecule has 4 heterocycles. The van der Waals surface area contributed by atoms with Crippen molar-refractivity contribution in [1.82, 2.24) is 24.1 Å². The number of methoxy groups -OCH3 is 2. The van der Waals surface area contributed by atoms with E-state index < -0.39 is 53.1 Å². The zero-order valence-corrected chi connectivity index (χ0v) is 22.9. The Bertz CT molecular complexity index is 1670. The van der Waals surface area contributed by atoms with Crippen molar-refractivity contribution < 1.29 is 45.3 Å². The topological polar surface area (TPSA) is 83.1 Å². The fraction of sp³-hybridized carbons (Fsp3) is 0.346. The number of imidazole rings is 1. The van der Waals surface area contributed by atoms with Crippen LogP contribution >= 0.6 is 11.6 Å². The average molecular weight is 618 g/mol. The van der Waals surface area contributed by atoms with Gasteiger partial charge < -0.3 is 23.5 Å². The van der Waals surface area contributed by atoms with Gasteiger partial charge in [0, 0.05) is 26.2 Å². The van der Waals surface area contributed by atoms with Crippen molar-refractivity contribution in [3.05, 3.63) is 69.8 Å². The number of rotatable bonds is 6. The molecule has 3 aromatic heterocycles. The molecule has 5 rings (SSSR count). The molecule has 1 unspecified atom stereocenters. The third-order valence-corrected chi connectivity index (χ3v) is 7.17. The van der Waals surface area contributed by atoms with Gasteiger partial charge in [0.2, 0.25) is 0 Å². The van der Waals surface area contributed by atoms with Gasteiger partial charge in [0.05, 0.1) is 37.2 Å². The van der Waals surface area contributed by atoms with Crippen LogP contribution < -0.4 is 14.2 Å². The van der Waals surface area contributed by atoms with Crippen LogP contribution in [0.2, 0.25) is 5.02 Å². The Labute approximate surface area is 239 Å². The summed E-state index contributed by atoms with van der Waals surface area (Å²) in [5.74, 6) is -0.483. The van der Waals surface area contributed by atoms with Gasteiger partial charge in [-0.25, -0.2) is 4.98 Å². The summed E-state index contributed by atoms with van der Waals surface area (Å²) in [5, 5.41) is 2.85. The number of benzene rings is 1. The zero-order valence-electron chi connectivity index (χ0n) is 22.2. The number of fused-ring (bicyclic) bond motifs is 3. The number of carbonyl (C=O) groups is 1. The Kier molecular flexibility index (Phi) is 7.41. The third-order valence-electron chi connectivity index (χ3n) is 6.83. The number of nitrogens with zero attached hydrogens (tertiary/aromatic N) is 5. The quantitative estimate of drug-likeness (QED) is 0.272. The van der Waals surface area contributed by atoms with Gasteiger partial charge in [0.15, 0.2) is 23.8 Å². The first kappa shape index (κ1) is 29.4. The van der Waals surface area contributed by atoms with Gasteiger partial charge in [-0.15, -0.1) is 5.10 Å². The Hall–Kier alpha value is -4.14. The van der Waals surface area contributed by atoms with Crippen molar-refractivity contribution >= 4 is 23.2 Å². The van der Waals surface area contributed by atoms with E-state index in [1.54, 1.807) is 18.2 Å². The lowest BCUT2D eigenvalue weighted by atomic mass is 9.95. The second-order valence-corrected chi connectivity index (χ2v) is 9.69. The minimum atomic E-state index is -4.80. The molecular weight excluding hydrogens is 596 g/mol. The summed E-state index contributed by atoms with van der Waals surface area (Å²) >= 11 is 5.86. The number of amides is 1. The fourth-order valence-corrected chi connectivity index (χ4v) is 5.30. The molecule has 0 saturated heterocycles. The molecule has 1 aromatic carbocycles. The Balaban J connectivity index is 1.55. The monoisotopic (exact) mass is 617 g/mol. The smallest absolute Gasteiger partial charge is 0.434 e. The Morgan fingerprint density at radius 2 is 1.76 bits per heavy atom. The summed E-state index contributed by atoms with van der Waals surface area (Å²) < 4.78 is 98.2. The van der Waals surface area contributed by atoms with Crippen LogP contribution in [-0.2, 0) is 30.6 Å². The van der Waals surface area contributed by atoms with Gasteiger partial charge >= 0.3 is 12.4 Å². The van der Waals surface area contributed by atoms with Crippen molar-refractivity contribution in [2.24, 2.45) is 7.05 Å². The first-order valence-corrected chi connectivity index (χ1v) is 12.6. The number of aromatic nitrogens is 4.